The third-order valence-electron chi connectivity index (χ3n) is 0.665. The van der Waals surface area contributed by atoms with Crippen LogP contribution in [0.1, 0.15) is 0 Å². The van der Waals surface area contributed by atoms with E-state index >= 15 is 0 Å². The van der Waals surface area contributed by atoms with Crippen LogP contribution in [0.15, 0.2) is 0 Å². The zero-order chi connectivity index (χ0) is 3.70. The van der Waals surface area contributed by atoms with Crippen molar-refractivity contribution in [2.24, 2.45) is 5.73 Å². The van der Waals surface area contributed by atoms with Crippen LogP contribution in [-0.4, -0.2) is 17.5 Å². The minimum absolute atomic E-state index is 0.829. The highest BCUT2D eigenvalue weighted by molar-refractivity contribution is 8.06. The van der Waals surface area contributed by atoms with Crippen LogP contribution in [0.3, 0.4) is 0 Å². The van der Waals surface area contributed by atoms with Crippen LogP contribution < -0.4 is 5.73 Å². The lowest BCUT2D eigenvalue weighted by Crippen LogP contribution is -2.03. The smallest absolute Gasteiger partial charge is 0.0261 e. The third-order valence-corrected chi connectivity index (χ3v) is 1.66. The second-order valence-electron chi connectivity index (χ2n) is 1.19. The molecule has 1 fully saturated rings. The second kappa shape index (κ2) is 1.19. The molecule has 0 aromatic carbocycles. The van der Waals surface area contributed by atoms with Gasteiger partial charge in [0.05, 0.1) is 0 Å². The Kier molecular flexibility index (Phi) is 0.830. The Morgan fingerprint density at radius 1 is 2.00 bits per heavy atom. The Bertz CT molecular complexity index is 33.9. The lowest BCUT2D eigenvalue weighted by Gasteiger charge is -1.72. The Morgan fingerprint density at radius 3 is 2.60 bits per heavy atom. The molecule has 2 N–H and O–H groups in total. The number of rotatable bonds is 1. The van der Waals surface area contributed by atoms with Gasteiger partial charge in [0, 0.05) is 17.5 Å². The van der Waals surface area contributed by atoms with E-state index in [0.29, 0.717) is 0 Å². The monoisotopic (exact) mass is 89.0 g/mol. The molecule has 1 aliphatic heterocycles. The Balaban J connectivity index is 2.00. The van der Waals surface area contributed by atoms with Gasteiger partial charge in [-0.05, 0) is 0 Å². The summed E-state index contributed by atoms with van der Waals surface area (Å²) in [5.41, 5.74) is 5.21. The molecule has 0 bridgehead atoms. The van der Waals surface area contributed by atoms with Gasteiger partial charge >= 0.3 is 0 Å². The van der Waals surface area contributed by atoms with Gasteiger partial charge in [-0.25, -0.2) is 0 Å². The summed E-state index contributed by atoms with van der Waals surface area (Å²) >= 11 is 1.94. The van der Waals surface area contributed by atoms with E-state index < -0.39 is 0 Å². The van der Waals surface area contributed by atoms with E-state index in [2.05, 4.69) is 0 Å². The van der Waals surface area contributed by atoms with Crippen LogP contribution in [0.2, 0.25) is 0 Å². The first-order valence-electron chi connectivity index (χ1n) is 1.75. The second-order valence-corrected chi connectivity index (χ2v) is 2.52. The van der Waals surface area contributed by atoms with Crippen LogP contribution in [0.4, 0.5) is 0 Å². The van der Waals surface area contributed by atoms with Crippen molar-refractivity contribution < 1.29 is 0 Å². The molecular formula is C3H7NS. The summed E-state index contributed by atoms with van der Waals surface area (Å²) in [5.74, 6) is 1.30. The molecule has 1 atom stereocenters. The third kappa shape index (κ3) is 0.816. The zero-order valence-electron chi connectivity index (χ0n) is 2.98. The first-order chi connectivity index (χ1) is 2.43. The van der Waals surface area contributed by atoms with Crippen LogP contribution in [-0.2, 0) is 0 Å². The van der Waals surface area contributed by atoms with E-state index in [1.165, 1.54) is 5.75 Å². The normalized spacial score (nSPS) is 34.2. The van der Waals surface area contributed by atoms with E-state index in [-0.39, 0.29) is 0 Å². The lowest BCUT2D eigenvalue weighted by atomic mass is 10.5. The van der Waals surface area contributed by atoms with Gasteiger partial charge in [-0.15, -0.1) is 0 Å². The van der Waals surface area contributed by atoms with Crippen molar-refractivity contribution in [3.63, 3.8) is 0 Å². The fourth-order valence-corrected chi connectivity index (χ4v) is 0.612. The van der Waals surface area contributed by atoms with Gasteiger partial charge in [0.15, 0.2) is 0 Å². The molecule has 5 heavy (non-hydrogen) atoms. The minimum atomic E-state index is 0.829. The van der Waals surface area contributed by atoms with Crippen molar-refractivity contribution in [1.82, 2.24) is 0 Å². The molecule has 0 spiro atoms. The highest BCUT2D eigenvalue weighted by Crippen LogP contribution is 2.27. The van der Waals surface area contributed by atoms with Gasteiger partial charge < -0.3 is 5.73 Å². The fourth-order valence-electron chi connectivity index (χ4n) is 0.204. The van der Waals surface area contributed by atoms with Crippen LogP contribution >= 0.6 is 11.8 Å². The van der Waals surface area contributed by atoms with E-state index in [0.717, 1.165) is 11.8 Å². The van der Waals surface area contributed by atoms with Crippen LogP contribution in [0, 0.1) is 0 Å². The molecule has 0 amide bonds. The summed E-state index contributed by atoms with van der Waals surface area (Å²) in [6, 6.07) is 0. The van der Waals surface area contributed by atoms with Crippen LogP contribution in [0.5, 0.6) is 0 Å². The van der Waals surface area contributed by atoms with E-state index in [1.807, 2.05) is 11.8 Å². The highest BCUT2D eigenvalue weighted by Gasteiger charge is 2.18. The number of nitrogens with two attached hydrogens (primary N) is 1. The zero-order valence-corrected chi connectivity index (χ0v) is 3.79. The molecule has 1 rings (SSSR count). The van der Waals surface area contributed by atoms with Gasteiger partial charge in [-0.1, -0.05) is 0 Å². The predicted octanol–water partition coefficient (Wildman–Crippen LogP) is 0.0605. The summed E-state index contributed by atoms with van der Waals surface area (Å²) in [5, 5.41) is 0.829. The van der Waals surface area contributed by atoms with Crippen molar-refractivity contribution in [3.8, 4) is 0 Å². The SMILES string of the molecule is NCC1CS1. The molecule has 0 aliphatic carbocycles. The molecular weight excluding hydrogens is 82.1 g/mol. The molecule has 1 nitrogen and oxygen atoms in total. The summed E-state index contributed by atoms with van der Waals surface area (Å²) < 4.78 is 0. The summed E-state index contributed by atoms with van der Waals surface area (Å²) in [4.78, 5) is 0. The van der Waals surface area contributed by atoms with Gasteiger partial charge in [0.2, 0.25) is 0 Å². The molecule has 1 aliphatic rings. The van der Waals surface area contributed by atoms with Crippen molar-refractivity contribution in [3.05, 3.63) is 0 Å². The molecule has 1 unspecified atom stereocenters. The fraction of sp³-hybridized carbons (Fsp3) is 1.00. The van der Waals surface area contributed by atoms with Gasteiger partial charge in [0.1, 0.15) is 0 Å². The molecule has 0 aromatic rings. The van der Waals surface area contributed by atoms with Crippen molar-refractivity contribution in [2.75, 3.05) is 12.3 Å². The quantitative estimate of drug-likeness (QED) is 0.460. The maximum atomic E-state index is 5.21. The molecule has 0 aromatic heterocycles. The predicted molar refractivity (Wildman–Crippen MR) is 25.3 cm³/mol. The summed E-state index contributed by atoms with van der Waals surface area (Å²) in [6.07, 6.45) is 0. The molecule has 0 radical (unpaired) electrons. The van der Waals surface area contributed by atoms with Crippen molar-refractivity contribution in [1.29, 1.82) is 0 Å². The summed E-state index contributed by atoms with van der Waals surface area (Å²) in [7, 11) is 0. The average Bonchev–Trinajstić information content (AvgIpc) is 2.12. The van der Waals surface area contributed by atoms with Gasteiger partial charge in [-0.2, -0.15) is 11.8 Å². The molecule has 2 heteroatoms. The number of thioether (sulfide) groups is 1. The average molecular weight is 89.2 g/mol. The highest BCUT2D eigenvalue weighted by atomic mass is 32.2. The van der Waals surface area contributed by atoms with Crippen LogP contribution in [0.25, 0.3) is 0 Å². The first kappa shape index (κ1) is 3.50. The molecule has 30 valence electrons. The summed E-state index contributed by atoms with van der Waals surface area (Å²) in [6.45, 7) is 0.880. The van der Waals surface area contributed by atoms with E-state index in [4.69, 9.17) is 5.73 Å². The van der Waals surface area contributed by atoms with E-state index in [1.54, 1.807) is 0 Å². The first-order valence-corrected chi connectivity index (χ1v) is 2.80. The molecule has 1 heterocycles. The maximum absolute atomic E-state index is 5.21. The minimum Gasteiger partial charge on any atom is -0.329 e. The largest absolute Gasteiger partial charge is 0.329 e. The number of hydrogen-bond donors (Lipinski definition) is 1. The standard InChI is InChI=1S/C3H7NS/c4-1-3-2-5-3/h3H,1-2,4H2. The Labute approximate surface area is 35.9 Å². The lowest BCUT2D eigenvalue weighted by molar-refractivity contribution is 1.03. The molecule has 0 saturated carbocycles. The van der Waals surface area contributed by atoms with Gasteiger partial charge in [0.25, 0.3) is 0 Å². The van der Waals surface area contributed by atoms with Gasteiger partial charge in [-0.3, -0.25) is 0 Å². The van der Waals surface area contributed by atoms with E-state index in [9.17, 15) is 0 Å². The Hall–Kier alpha value is 0.310. The topological polar surface area (TPSA) is 26.0 Å². The maximum Gasteiger partial charge on any atom is 0.0261 e. The van der Waals surface area contributed by atoms with Crippen molar-refractivity contribution in [2.45, 2.75) is 5.25 Å². The van der Waals surface area contributed by atoms with Crippen molar-refractivity contribution >= 4 is 11.8 Å². The molecule has 1 saturated heterocycles. The Morgan fingerprint density at radius 2 is 2.60 bits per heavy atom. The number of hydrogen-bond acceptors (Lipinski definition) is 2.